The van der Waals surface area contributed by atoms with Crippen LogP contribution in [0.4, 0.5) is 10.5 Å². The topological polar surface area (TPSA) is 117 Å². The van der Waals surface area contributed by atoms with Crippen molar-refractivity contribution < 1.29 is 24.2 Å². The normalized spacial score (nSPS) is 9.57. The van der Waals surface area contributed by atoms with Crippen molar-refractivity contribution >= 4 is 23.6 Å². The first-order chi connectivity index (χ1) is 10.0. The maximum atomic E-state index is 11.6. The summed E-state index contributed by atoms with van der Waals surface area (Å²) in [5, 5.41) is 16.0. The molecular weight excluding hydrogens is 278 g/mol. The molecule has 0 aliphatic heterocycles. The number of likely N-dealkylation sites (N-methyl/N-ethyl adjacent to an activating group) is 1. The van der Waals surface area contributed by atoms with Gasteiger partial charge in [0.2, 0.25) is 5.91 Å². The number of carbonyl (C=O) groups excluding carboxylic acids is 2. The molecule has 114 valence electrons. The first-order valence-corrected chi connectivity index (χ1v) is 6.27. The highest BCUT2D eigenvalue weighted by atomic mass is 16.5. The van der Waals surface area contributed by atoms with Crippen LogP contribution in [-0.4, -0.2) is 42.7 Å². The Balaban J connectivity index is 2.46. The first-order valence-electron chi connectivity index (χ1n) is 6.27. The summed E-state index contributed by atoms with van der Waals surface area (Å²) in [5.41, 5.74) is 0.422. The van der Waals surface area contributed by atoms with Crippen molar-refractivity contribution in [2.75, 3.05) is 25.0 Å². The molecule has 0 saturated carbocycles. The van der Waals surface area contributed by atoms with Crippen molar-refractivity contribution in [1.29, 1.82) is 0 Å². The van der Waals surface area contributed by atoms with Gasteiger partial charge in [0.1, 0.15) is 5.75 Å². The molecule has 8 heteroatoms. The van der Waals surface area contributed by atoms with Gasteiger partial charge >= 0.3 is 12.0 Å². The van der Waals surface area contributed by atoms with Crippen LogP contribution in [0.15, 0.2) is 24.3 Å². The molecule has 0 bridgehead atoms. The third kappa shape index (κ3) is 6.81. The number of carboxylic acid groups (broad SMARTS) is 1. The fourth-order valence-corrected chi connectivity index (χ4v) is 1.40. The Labute approximate surface area is 121 Å². The van der Waals surface area contributed by atoms with Gasteiger partial charge < -0.3 is 25.8 Å². The number of hydrogen-bond acceptors (Lipinski definition) is 4. The molecule has 0 aliphatic rings. The third-order valence-corrected chi connectivity index (χ3v) is 2.24. The molecule has 0 saturated heterocycles. The minimum absolute atomic E-state index is 0.130. The zero-order chi connectivity index (χ0) is 15.7. The van der Waals surface area contributed by atoms with Gasteiger partial charge in [-0.25, -0.2) is 9.59 Å². The molecule has 1 aromatic rings. The van der Waals surface area contributed by atoms with Gasteiger partial charge in [-0.15, -0.1) is 0 Å². The molecule has 0 unspecified atom stereocenters. The van der Waals surface area contributed by atoms with Gasteiger partial charge in [-0.1, -0.05) is 6.07 Å². The van der Waals surface area contributed by atoms with Crippen LogP contribution in [0.2, 0.25) is 0 Å². The van der Waals surface area contributed by atoms with Crippen molar-refractivity contribution in [3.05, 3.63) is 24.3 Å². The van der Waals surface area contributed by atoms with Crippen LogP contribution in [0, 0.1) is 0 Å². The standard InChI is InChI=1S/C13H17N3O5/c1-2-14-11(17)7-15-13(20)16-9-4-3-5-10(6-9)21-8-12(18)19/h3-6H,2,7-8H2,1H3,(H,14,17)(H,18,19)(H2,15,16,20). The number of benzene rings is 1. The van der Waals surface area contributed by atoms with E-state index in [1.165, 1.54) is 6.07 Å². The van der Waals surface area contributed by atoms with Crippen LogP contribution in [-0.2, 0) is 9.59 Å². The van der Waals surface area contributed by atoms with Crippen molar-refractivity contribution in [3.63, 3.8) is 0 Å². The van der Waals surface area contributed by atoms with E-state index in [1.807, 2.05) is 0 Å². The van der Waals surface area contributed by atoms with Crippen LogP contribution in [0.5, 0.6) is 5.75 Å². The molecule has 0 heterocycles. The zero-order valence-corrected chi connectivity index (χ0v) is 11.5. The van der Waals surface area contributed by atoms with E-state index in [1.54, 1.807) is 25.1 Å². The van der Waals surface area contributed by atoms with Crippen molar-refractivity contribution in [2.45, 2.75) is 6.92 Å². The lowest BCUT2D eigenvalue weighted by Crippen LogP contribution is -2.38. The number of urea groups is 1. The van der Waals surface area contributed by atoms with Crippen molar-refractivity contribution in [2.24, 2.45) is 0 Å². The van der Waals surface area contributed by atoms with E-state index in [4.69, 9.17) is 9.84 Å². The predicted octanol–water partition coefficient (Wildman–Crippen LogP) is 0.408. The zero-order valence-electron chi connectivity index (χ0n) is 11.5. The number of nitrogens with one attached hydrogen (secondary N) is 3. The molecule has 4 N–H and O–H groups in total. The van der Waals surface area contributed by atoms with E-state index < -0.39 is 18.6 Å². The molecule has 0 radical (unpaired) electrons. The number of rotatable bonds is 7. The van der Waals surface area contributed by atoms with Gasteiger partial charge in [0.05, 0.1) is 6.54 Å². The summed E-state index contributed by atoms with van der Waals surface area (Å²) in [7, 11) is 0. The van der Waals surface area contributed by atoms with E-state index in [0.29, 0.717) is 18.0 Å². The molecule has 3 amide bonds. The third-order valence-electron chi connectivity index (χ3n) is 2.24. The molecule has 0 atom stereocenters. The van der Waals surface area contributed by atoms with Crippen LogP contribution in [0.25, 0.3) is 0 Å². The largest absolute Gasteiger partial charge is 0.482 e. The monoisotopic (exact) mass is 295 g/mol. The Morgan fingerprint density at radius 3 is 2.67 bits per heavy atom. The number of amides is 3. The predicted molar refractivity (Wildman–Crippen MR) is 75.3 cm³/mol. The minimum Gasteiger partial charge on any atom is -0.482 e. The summed E-state index contributed by atoms with van der Waals surface area (Å²) >= 11 is 0. The average molecular weight is 295 g/mol. The molecule has 1 aromatic carbocycles. The van der Waals surface area contributed by atoms with Crippen LogP contribution >= 0.6 is 0 Å². The van der Waals surface area contributed by atoms with Gasteiger partial charge in [0.25, 0.3) is 0 Å². The van der Waals surface area contributed by atoms with Gasteiger partial charge in [-0.05, 0) is 19.1 Å². The maximum Gasteiger partial charge on any atom is 0.341 e. The lowest BCUT2D eigenvalue weighted by molar-refractivity contribution is -0.139. The van der Waals surface area contributed by atoms with E-state index in [0.717, 1.165) is 0 Å². The highest BCUT2D eigenvalue weighted by Gasteiger charge is 2.06. The number of anilines is 1. The highest BCUT2D eigenvalue weighted by molar-refractivity contribution is 5.92. The second-order valence-corrected chi connectivity index (χ2v) is 3.97. The summed E-state index contributed by atoms with van der Waals surface area (Å²) in [6.07, 6.45) is 0. The summed E-state index contributed by atoms with van der Waals surface area (Å²) in [6.45, 7) is 1.67. The number of carbonyl (C=O) groups is 3. The lowest BCUT2D eigenvalue weighted by Gasteiger charge is -2.09. The Bertz CT molecular complexity index is 518. The molecule has 0 spiro atoms. The van der Waals surface area contributed by atoms with Crippen LogP contribution < -0.4 is 20.7 Å². The smallest absolute Gasteiger partial charge is 0.341 e. The summed E-state index contributed by atoms with van der Waals surface area (Å²) in [6, 6.07) is 5.72. The molecule has 0 fully saturated rings. The second kappa shape index (κ2) is 8.41. The molecular formula is C13H17N3O5. The fraction of sp³-hybridized carbons (Fsp3) is 0.308. The van der Waals surface area contributed by atoms with Crippen molar-refractivity contribution in [1.82, 2.24) is 10.6 Å². The molecule has 21 heavy (non-hydrogen) atoms. The van der Waals surface area contributed by atoms with Gasteiger partial charge in [-0.2, -0.15) is 0 Å². The van der Waals surface area contributed by atoms with Gasteiger partial charge in [0, 0.05) is 18.3 Å². The minimum atomic E-state index is -1.09. The number of carboxylic acids is 1. The SMILES string of the molecule is CCNC(=O)CNC(=O)Nc1cccc(OCC(=O)O)c1. The first kappa shape index (κ1) is 16.3. The maximum absolute atomic E-state index is 11.6. The molecule has 0 aliphatic carbocycles. The van der Waals surface area contributed by atoms with E-state index >= 15 is 0 Å². The van der Waals surface area contributed by atoms with Gasteiger partial charge in [0.15, 0.2) is 6.61 Å². The van der Waals surface area contributed by atoms with Crippen LogP contribution in [0.1, 0.15) is 6.92 Å². The Hall–Kier alpha value is -2.77. The highest BCUT2D eigenvalue weighted by Crippen LogP contribution is 2.17. The van der Waals surface area contributed by atoms with E-state index in [9.17, 15) is 14.4 Å². The van der Waals surface area contributed by atoms with E-state index in [-0.39, 0.29) is 12.5 Å². The summed E-state index contributed by atoms with van der Waals surface area (Å²) in [5.74, 6) is -1.06. The summed E-state index contributed by atoms with van der Waals surface area (Å²) in [4.78, 5) is 33.1. The second-order valence-electron chi connectivity index (χ2n) is 3.97. The molecule has 8 nitrogen and oxygen atoms in total. The van der Waals surface area contributed by atoms with Crippen molar-refractivity contribution in [3.8, 4) is 5.75 Å². The Morgan fingerprint density at radius 2 is 2.00 bits per heavy atom. The quantitative estimate of drug-likeness (QED) is 0.581. The lowest BCUT2D eigenvalue weighted by atomic mass is 10.3. The number of aliphatic carboxylic acids is 1. The van der Waals surface area contributed by atoms with E-state index in [2.05, 4.69) is 16.0 Å². The average Bonchev–Trinajstić information content (AvgIpc) is 2.44. The van der Waals surface area contributed by atoms with Gasteiger partial charge in [-0.3, -0.25) is 4.79 Å². The Morgan fingerprint density at radius 1 is 1.24 bits per heavy atom. The summed E-state index contributed by atoms with van der Waals surface area (Å²) < 4.78 is 4.98. The van der Waals surface area contributed by atoms with Crippen LogP contribution in [0.3, 0.4) is 0 Å². The molecule has 1 rings (SSSR count). The number of hydrogen-bond donors (Lipinski definition) is 4. The molecule has 0 aromatic heterocycles. The fourth-order valence-electron chi connectivity index (χ4n) is 1.40. The number of ether oxygens (including phenoxy) is 1. The Kier molecular flexibility index (Phi) is 6.52.